The number of rotatable bonds is 6. The molecule has 0 atom stereocenters. The lowest BCUT2D eigenvalue weighted by Gasteiger charge is -2.23. The van der Waals surface area contributed by atoms with Crippen LogP contribution < -0.4 is 16.0 Å². The number of hydrogen-bond donors (Lipinski definition) is 3. The van der Waals surface area contributed by atoms with Gasteiger partial charge in [-0.3, -0.25) is 9.78 Å². The van der Waals surface area contributed by atoms with Gasteiger partial charge in [-0.2, -0.15) is 13.2 Å². The Kier molecular flexibility index (Phi) is 6.78. The molecule has 3 N–H and O–H groups in total. The number of hydrogen-bond acceptors (Lipinski definition) is 5. The second-order valence-electron chi connectivity index (χ2n) is 8.74. The smallest absolute Gasteiger partial charge is 0.418 e. The van der Waals surface area contributed by atoms with Gasteiger partial charge in [0.1, 0.15) is 11.1 Å². The van der Waals surface area contributed by atoms with E-state index in [1.54, 1.807) is 32.9 Å². The SMILES string of the molecule is CC(C)(C)OC(=O)NC1(C(=O)NCc2ccc(Nc3ccc(Cl)cc3C(F)(F)F)cn2)CC1. The zero-order valence-electron chi connectivity index (χ0n) is 18.3. The number of carbonyl (C=O) groups excluding carboxylic acids is 2. The first-order valence-corrected chi connectivity index (χ1v) is 10.5. The molecule has 0 radical (unpaired) electrons. The first-order chi connectivity index (χ1) is 15.3. The standard InChI is InChI=1S/C22H24ClF3N4O3/c1-20(2,3)33-19(32)30-21(8-9-21)18(31)28-11-14-5-6-15(12-27-14)29-17-7-4-13(23)10-16(17)22(24,25)26/h4-7,10,12,29H,8-9,11H2,1-3H3,(H,28,31)(H,30,32). The van der Waals surface area contributed by atoms with Crippen LogP contribution in [0.1, 0.15) is 44.9 Å². The molecule has 0 aliphatic heterocycles. The lowest BCUT2D eigenvalue weighted by atomic mass is 10.1. The summed E-state index contributed by atoms with van der Waals surface area (Å²) in [5.74, 6) is -0.353. The minimum atomic E-state index is -4.57. The maximum Gasteiger partial charge on any atom is 0.418 e. The van der Waals surface area contributed by atoms with Gasteiger partial charge in [0.15, 0.2) is 0 Å². The molecule has 178 valence electrons. The maximum atomic E-state index is 13.2. The van der Waals surface area contributed by atoms with Gasteiger partial charge in [-0.15, -0.1) is 0 Å². The molecule has 1 aromatic heterocycles. The molecule has 1 saturated carbocycles. The number of aromatic nitrogens is 1. The summed E-state index contributed by atoms with van der Waals surface area (Å²) < 4.78 is 44.9. The van der Waals surface area contributed by atoms with E-state index in [1.807, 2.05) is 0 Å². The predicted molar refractivity (Wildman–Crippen MR) is 117 cm³/mol. The third-order valence-electron chi connectivity index (χ3n) is 4.75. The maximum absolute atomic E-state index is 13.2. The first kappa shape index (κ1) is 24.6. The van der Waals surface area contributed by atoms with E-state index in [2.05, 4.69) is 20.9 Å². The van der Waals surface area contributed by atoms with E-state index in [9.17, 15) is 22.8 Å². The van der Waals surface area contributed by atoms with Gasteiger partial charge in [-0.25, -0.2) is 4.79 Å². The van der Waals surface area contributed by atoms with Crippen molar-refractivity contribution in [1.29, 1.82) is 0 Å². The zero-order valence-corrected chi connectivity index (χ0v) is 19.0. The molecule has 1 aromatic carbocycles. The number of amides is 2. The van der Waals surface area contributed by atoms with E-state index < -0.39 is 29.0 Å². The van der Waals surface area contributed by atoms with Gasteiger partial charge in [0.25, 0.3) is 0 Å². The third kappa shape index (κ3) is 6.74. The molecule has 11 heteroatoms. The molecular weight excluding hydrogens is 461 g/mol. The van der Waals surface area contributed by atoms with Crippen LogP contribution in [0, 0.1) is 0 Å². The fourth-order valence-electron chi connectivity index (χ4n) is 2.99. The Hall–Kier alpha value is -3.01. The molecule has 33 heavy (non-hydrogen) atoms. The minimum Gasteiger partial charge on any atom is -0.444 e. The molecule has 1 aliphatic rings. The van der Waals surface area contributed by atoms with Gasteiger partial charge in [0, 0.05) is 5.02 Å². The van der Waals surface area contributed by atoms with Crippen LogP contribution >= 0.6 is 11.6 Å². The molecule has 0 unspecified atom stereocenters. The Bertz CT molecular complexity index is 1030. The van der Waals surface area contributed by atoms with Crippen LogP contribution in [-0.4, -0.2) is 28.1 Å². The fraction of sp³-hybridized carbons (Fsp3) is 0.409. The van der Waals surface area contributed by atoms with Gasteiger partial charge < -0.3 is 20.7 Å². The summed E-state index contributed by atoms with van der Waals surface area (Å²) >= 11 is 5.69. The summed E-state index contributed by atoms with van der Waals surface area (Å²) in [4.78, 5) is 28.7. The van der Waals surface area contributed by atoms with Crippen LogP contribution in [0.5, 0.6) is 0 Å². The van der Waals surface area contributed by atoms with Crippen molar-refractivity contribution in [1.82, 2.24) is 15.6 Å². The predicted octanol–water partition coefficient (Wildman–Crippen LogP) is 5.17. The number of pyridine rings is 1. The highest BCUT2D eigenvalue weighted by Crippen LogP contribution is 2.38. The Morgan fingerprint density at radius 3 is 2.39 bits per heavy atom. The molecule has 1 fully saturated rings. The number of nitrogens with one attached hydrogen (secondary N) is 3. The molecule has 0 spiro atoms. The Morgan fingerprint density at radius 2 is 1.85 bits per heavy atom. The Morgan fingerprint density at radius 1 is 1.15 bits per heavy atom. The van der Waals surface area contributed by atoms with Crippen molar-refractivity contribution in [3.8, 4) is 0 Å². The second kappa shape index (κ2) is 9.09. The van der Waals surface area contributed by atoms with Crippen molar-refractivity contribution in [2.75, 3.05) is 5.32 Å². The van der Waals surface area contributed by atoms with E-state index in [0.29, 0.717) is 24.2 Å². The van der Waals surface area contributed by atoms with Crippen LogP contribution in [0.15, 0.2) is 36.5 Å². The summed E-state index contributed by atoms with van der Waals surface area (Å²) in [6, 6.07) is 6.57. The van der Waals surface area contributed by atoms with E-state index in [0.717, 1.165) is 6.07 Å². The van der Waals surface area contributed by atoms with E-state index in [4.69, 9.17) is 16.3 Å². The summed E-state index contributed by atoms with van der Waals surface area (Å²) in [5, 5.41) is 7.99. The number of halogens is 4. The summed E-state index contributed by atoms with van der Waals surface area (Å²) in [5.41, 5.74) is -1.88. The van der Waals surface area contributed by atoms with E-state index >= 15 is 0 Å². The van der Waals surface area contributed by atoms with Gasteiger partial charge >= 0.3 is 12.3 Å². The van der Waals surface area contributed by atoms with Crippen molar-refractivity contribution in [3.05, 3.63) is 52.8 Å². The normalized spacial score (nSPS) is 14.9. The largest absolute Gasteiger partial charge is 0.444 e. The average Bonchev–Trinajstić information content (AvgIpc) is 3.46. The number of nitrogens with zero attached hydrogens (tertiary/aromatic N) is 1. The number of alkyl halides is 3. The molecule has 2 amide bonds. The highest BCUT2D eigenvalue weighted by Gasteiger charge is 2.51. The van der Waals surface area contributed by atoms with Crippen molar-refractivity contribution >= 4 is 35.0 Å². The molecular formula is C22H24ClF3N4O3. The molecule has 0 bridgehead atoms. The van der Waals surface area contributed by atoms with Gasteiger partial charge in [0.2, 0.25) is 5.91 Å². The van der Waals surface area contributed by atoms with Crippen molar-refractivity contribution in [2.45, 2.75) is 57.5 Å². The molecule has 1 aliphatic carbocycles. The Balaban J connectivity index is 1.58. The Labute approximate surface area is 194 Å². The number of carbonyl (C=O) groups is 2. The van der Waals surface area contributed by atoms with E-state index in [-0.39, 0.29) is 23.2 Å². The van der Waals surface area contributed by atoms with E-state index in [1.165, 1.54) is 18.3 Å². The summed E-state index contributed by atoms with van der Waals surface area (Å²) in [6.07, 6.45) is -2.88. The number of ether oxygens (including phenoxy) is 1. The van der Waals surface area contributed by atoms with Crippen LogP contribution in [0.3, 0.4) is 0 Å². The van der Waals surface area contributed by atoms with Crippen molar-refractivity contribution in [3.63, 3.8) is 0 Å². The minimum absolute atomic E-state index is 0.0216. The van der Waals surface area contributed by atoms with Gasteiger partial charge in [-0.1, -0.05) is 11.6 Å². The lowest BCUT2D eigenvalue weighted by molar-refractivity contribution is -0.137. The zero-order chi connectivity index (χ0) is 24.4. The lowest BCUT2D eigenvalue weighted by Crippen LogP contribution is -2.50. The number of benzene rings is 1. The van der Waals surface area contributed by atoms with Crippen LogP contribution in [0.25, 0.3) is 0 Å². The molecule has 0 saturated heterocycles. The molecule has 7 nitrogen and oxygen atoms in total. The summed E-state index contributed by atoms with van der Waals surface area (Å²) in [6.45, 7) is 5.28. The monoisotopic (exact) mass is 484 g/mol. The molecule has 3 rings (SSSR count). The van der Waals surface area contributed by atoms with Crippen molar-refractivity contribution < 1.29 is 27.5 Å². The van der Waals surface area contributed by atoms with Crippen LogP contribution in [-0.2, 0) is 22.3 Å². The fourth-order valence-corrected chi connectivity index (χ4v) is 3.16. The first-order valence-electron chi connectivity index (χ1n) is 10.2. The average molecular weight is 485 g/mol. The number of alkyl carbamates (subject to hydrolysis) is 1. The quantitative estimate of drug-likeness (QED) is 0.526. The van der Waals surface area contributed by atoms with Crippen LogP contribution in [0.2, 0.25) is 5.02 Å². The summed E-state index contributed by atoms with van der Waals surface area (Å²) in [7, 11) is 0. The molecule has 2 aromatic rings. The molecule has 1 heterocycles. The highest BCUT2D eigenvalue weighted by atomic mass is 35.5. The highest BCUT2D eigenvalue weighted by molar-refractivity contribution is 6.30. The second-order valence-corrected chi connectivity index (χ2v) is 9.18. The van der Waals surface area contributed by atoms with Gasteiger partial charge in [-0.05, 0) is 63.9 Å². The number of anilines is 2. The third-order valence-corrected chi connectivity index (χ3v) is 4.98. The topological polar surface area (TPSA) is 92.3 Å². The van der Waals surface area contributed by atoms with Crippen molar-refractivity contribution in [2.24, 2.45) is 0 Å². The van der Waals surface area contributed by atoms with Crippen LogP contribution in [0.4, 0.5) is 29.3 Å². The van der Waals surface area contributed by atoms with Gasteiger partial charge in [0.05, 0.1) is 35.4 Å².